The number of anilines is 1. The summed E-state index contributed by atoms with van der Waals surface area (Å²) in [6.07, 6.45) is 0. The first-order chi connectivity index (χ1) is 8.97. The second-order valence-corrected chi connectivity index (χ2v) is 4.39. The molecule has 0 saturated carbocycles. The van der Waals surface area contributed by atoms with Gasteiger partial charge in [0, 0.05) is 17.3 Å². The van der Waals surface area contributed by atoms with Gasteiger partial charge in [0.2, 0.25) is 0 Å². The van der Waals surface area contributed by atoms with E-state index >= 15 is 0 Å². The summed E-state index contributed by atoms with van der Waals surface area (Å²) in [7, 11) is 0. The topological polar surface area (TPSA) is 52.3 Å². The molecule has 0 aliphatic rings. The standard InChI is InChI=1S/C14H11ClFNO2/c1-8(18)11-6-9(3-5-14(11)17)19-10-2-4-12(15)13(16)7-10/h2-7H,17H2,1H3. The number of halogens is 2. The lowest BCUT2D eigenvalue weighted by molar-refractivity contribution is 0.101. The van der Waals surface area contributed by atoms with Gasteiger partial charge in [-0.25, -0.2) is 4.39 Å². The average Bonchev–Trinajstić information content (AvgIpc) is 2.36. The zero-order valence-corrected chi connectivity index (χ0v) is 10.9. The predicted molar refractivity (Wildman–Crippen MR) is 72.3 cm³/mol. The fourth-order valence-electron chi connectivity index (χ4n) is 1.58. The van der Waals surface area contributed by atoms with E-state index in [1.807, 2.05) is 0 Å². The monoisotopic (exact) mass is 279 g/mol. The summed E-state index contributed by atoms with van der Waals surface area (Å²) in [5, 5.41) is 0.0223. The van der Waals surface area contributed by atoms with Crippen LogP contribution in [-0.4, -0.2) is 5.78 Å². The van der Waals surface area contributed by atoms with E-state index in [0.29, 0.717) is 22.7 Å². The van der Waals surface area contributed by atoms with Crippen LogP contribution in [0.4, 0.5) is 10.1 Å². The van der Waals surface area contributed by atoms with E-state index in [-0.39, 0.29) is 10.8 Å². The highest BCUT2D eigenvalue weighted by Crippen LogP contribution is 2.27. The Hall–Kier alpha value is -2.07. The first-order valence-corrected chi connectivity index (χ1v) is 5.88. The second kappa shape index (κ2) is 5.28. The van der Waals surface area contributed by atoms with Crippen molar-refractivity contribution in [1.82, 2.24) is 0 Å². The van der Waals surface area contributed by atoms with Gasteiger partial charge in [-0.3, -0.25) is 4.79 Å². The third-order valence-electron chi connectivity index (χ3n) is 2.53. The summed E-state index contributed by atoms with van der Waals surface area (Å²) in [6.45, 7) is 1.41. The van der Waals surface area contributed by atoms with Crippen molar-refractivity contribution < 1.29 is 13.9 Å². The Morgan fingerprint density at radius 3 is 2.47 bits per heavy atom. The van der Waals surface area contributed by atoms with Crippen molar-refractivity contribution in [3.8, 4) is 11.5 Å². The van der Waals surface area contributed by atoms with Crippen molar-refractivity contribution >= 4 is 23.1 Å². The maximum absolute atomic E-state index is 13.3. The van der Waals surface area contributed by atoms with Crippen LogP contribution in [0.25, 0.3) is 0 Å². The van der Waals surface area contributed by atoms with Crippen molar-refractivity contribution in [1.29, 1.82) is 0 Å². The highest BCUT2D eigenvalue weighted by Gasteiger charge is 2.08. The maximum Gasteiger partial charge on any atom is 0.162 e. The molecule has 2 aromatic carbocycles. The molecular weight excluding hydrogens is 269 g/mol. The number of carbonyl (C=O) groups is 1. The highest BCUT2D eigenvalue weighted by atomic mass is 35.5. The molecule has 19 heavy (non-hydrogen) atoms. The Kier molecular flexibility index (Phi) is 3.71. The Balaban J connectivity index is 2.30. The van der Waals surface area contributed by atoms with Crippen LogP contribution in [0.3, 0.4) is 0 Å². The molecule has 0 aliphatic carbocycles. The Bertz CT molecular complexity index is 643. The van der Waals surface area contributed by atoms with E-state index in [1.165, 1.54) is 31.2 Å². The molecule has 3 nitrogen and oxygen atoms in total. The van der Waals surface area contributed by atoms with E-state index in [4.69, 9.17) is 22.1 Å². The second-order valence-electron chi connectivity index (χ2n) is 3.98. The van der Waals surface area contributed by atoms with Gasteiger partial charge >= 0.3 is 0 Å². The van der Waals surface area contributed by atoms with Crippen LogP contribution in [0.15, 0.2) is 36.4 Å². The third kappa shape index (κ3) is 3.03. The van der Waals surface area contributed by atoms with Gasteiger partial charge in [-0.15, -0.1) is 0 Å². The molecule has 0 atom stereocenters. The van der Waals surface area contributed by atoms with Crippen LogP contribution < -0.4 is 10.5 Å². The Morgan fingerprint density at radius 2 is 1.84 bits per heavy atom. The molecule has 2 aromatic rings. The molecule has 0 unspecified atom stereocenters. The molecular formula is C14H11ClFNO2. The molecule has 0 amide bonds. The number of ether oxygens (including phenoxy) is 1. The van der Waals surface area contributed by atoms with Crippen LogP contribution in [-0.2, 0) is 0 Å². The largest absolute Gasteiger partial charge is 0.457 e. The van der Waals surface area contributed by atoms with E-state index in [9.17, 15) is 9.18 Å². The number of ketones is 1. The van der Waals surface area contributed by atoms with E-state index < -0.39 is 5.82 Å². The van der Waals surface area contributed by atoms with Gasteiger partial charge in [0.15, 0.2) is 5.78 Å². The van der Waals surface area contributed by atoms with Gasteiger partial charge in [-0.1, -0.05) is 11.6 Å². The predicted octanol–water partition coefficient (Wildman–Crippen LogP) is 4.06. The van der Waals surface area contributed by atoms with Crippen LogP contribution in [0, 0.1) is 5.82 Å². The summed E-state index contributed by atoms with van der Waals surface area (Å²) in [5.41, 5.74) is 6.42. The molecule has 0 aromatic heterocycles. The molecule has 0 heterocycles. The molecule has 0 saturated heterocycles. The zero-order valence-electron chi connectivity index (χ0n) is 10.1. The van der Waals surface area contributed by atoms with Crippen molar-refractivity contribution in [2.75, 3.05) is 5.73 Å². The summed E-state index contributed by atoms with van der Waals surface area (Å²) in [6, 6.07) is 8.80. The lowest BCUT2D eigenvalue weighted by Crippen LogP contribution is -1.99. The molecule has 98 valence electrons. The van der Waals surface area contributed by atoms with Crippen molar-refractivity contribution in [2.24, 2.45) is 0 Å². The van der Waals surface area contributed by atoms with Gasteiger partial charge in [0.1, 0.15) is 17.3 Å². The fraction of sp³-hybridized carbons (Fsp3) is 0.0714. The smallest absolute Gasteiger partial charge is 0.162 e. The quantitative estimate of drug-likeness (QED) is 0.681. The van der Waals surface area contributed by atoms with Crippen LogP contribution in [0.2, 0.25) is 5.02 Å². The molecule has 0 fully saturated rings. The highest BCUT2D eigenvalue weighted by molar-refractivity contribution is 6.30. The van der Waals surface area contributed by atoms with E-state index in [2.05, 4.69) is 0 Å². The Morgan fingerprint density at radius 1 is 1.21 bits per heavy atom. The molecule has 0 bridgehead atoms. The lowest BCUT2D eigenvalue weighted by atomic mass is 10.1. The summed E-state index contributed by atoms with van der Waals surface area (Å²) in [5.74, 6) is -0.0334. The first kappa shape index (κ1) is 13.4. The Labute approximate surface area is 114 Å². The van der Waals surface area contributed by atoms with Crippen LogP contribution in [0.1, 0.15) is 17.3 Å². The van der Waals surface area contributed by atoms with Crippen molar-refractivity contribution in [3.05, 3.63) is 52.8 Å². The van der Waals surface area contributed by atoms with E-state index in [1.54, 1.807) is 12.1 Å². The number of benzene rings is 2. The van der Waals surface area contributed by atoms with Crippen LogP contribution >= 0.6 is 11.6 Å². The minimum atomic E-state index is -0.568. The molecule has 0 radical (unpaired) electrons. The van der Waals surface area contributed by atoms with E-state index in [0.717, 1.165) is 0 Å². The number of nitrogens with two attached hydrogens (primary N) is 1. The summed E-state index contributed by atoms with van der Waals surface area (Å²) >= 11 is 5.58. The number of hydrogen-bond donors (Lipinski definition) is 1. The molecule has 2 N–H and O–H groups in total. The SMILES string of the molecule is CC(=O)c1cc(Oc2ccc(Cl)c(F)c2)ccc1N. The molecule has 5 heteroatoms. The van der Waals surface area contributed by atoms with Crippen molar-refractivity contribution in [3.63, 3.8) is 0 Å². The lowest BCUT2D eigenvalue weighted by Gasteiger charge is -2.09. The van der Waals surface area contributed by atoms with Gasteiger partial charge < -0.3 is 10.5 Å². The molecule has 0 aliphatic heterocycles. The number of carbonyl (C=O) groups excluding carboxylic acids is 1. The average molecular weight is 280 g/mol. The van der Waals surface area contributed by atoms with Crippen LogP contribution in [0.5, 0.6) is 11.5 Å². The maximum atomic E-state index is 13.3. The first-order valence-electron chi connectivity index (χ1n) is 5.51. The van der Waals surface area contributed by atoms with Gasteiger partial charge in [-0.05, 0) is 37.3 Å². The molecule has 2 rings (SSSR count). The third-order valence-corrected chi connectivity index (χ3v) is 2.84. The number of nitrogen functional groups attached to an aromatic ring is 1. The van der Waals surface area contributed by atoms with Gasteiger partial charge in [0.05, 0.1) is 5.02 Å². The number of hydrogen-bond acceptors (Lipinski definition) is 3. The fourth-order valence-corrected chi connectivity index (χ4v) is 1.70. The summed E-state index contributed by atoms with van der Waals surface area (Å²) in [4.78, 5) is 11.4. The number of Topliss-reactive ketones (excluding diaryl/α,β-unsaturated/α-hetero) is 1. The summed E-state index contributed by atoms with van der Waals surface area (Å²) < 4.78 is 18.7. The minimum Gasteiger partial charge on any atom is -0.457 e. The molecule has 0 spiro atoms. The zero-order chi connectivity index (χ0) is 14.0. The van der Waals surface area contributed by atoms with Gasteiger partial charge in [-0.2, -0.15) is 0 Å². The number of rotatable bonds is 3. The minimum absolute atomic E-state index is 0.0223. The van der Waals surface area contributed by atoms with Gasteiger partial charge in [0.25, 0.3) is 0 Å². The normalized spacial score (nSPS) is 10.3. The van der Waals surface area contributed by atoms with Crippen molar-refractivity contribution in [2.45, 2.75) is 6.92 Å².